The zero-order valence-corrected chi connectivity index (χ0v) is 12.2. The Kier molecular flexibility index (Phi) is 2.11. The Labute approximate surface area is 118 Å². The lowest BCUT2D eigenvalue weighted by Crippen LogP contribution is -2.64. The van der Waals surface area contributed by atoms with E-state index >= 15 is 0 Å². The minimum absolute atomic E-state index is 0.0750. The van der Waals surface area contributed by atoms with Crippen molar-refractivity contribution in [3.63, 3.8) is 0 Å². The van der Waals surface area contributed by atoms with Gasteiger partial charge in [-0.1, -0.05) is 20.8 Å². The molecular formula is C15H22O5. The Morgan fingerprint density at radius 3 is 2.75 bits per heavy atom. The Balaban J connectivity index is 1.97. The maximum absolute atomic E-state index is 12.1. The number of esters is 1. The van der Waals surface area contributed by atoms with Gasteiger partial charge in [0.1, 0.15) is 5.60 Å². The summed E-state index contributed by atoms with van der Waals surface area (Å²) in [7, 11) is 0. The van der Waals surface area contributed by atoms with E-state index in [-0.39, 0.29) is 24.2 Å². The van der Waals surface area contributed by atoms with Gasteiger partial charge < -0.3 is 19.7 Å². The highest BCUT2D eigenvalue weighted by Gasteiger charge is 2.83. The topological polar surface area (TPSA) is 76.0 Å². The van der Waals surface area contributed by atoms with Crippen LogP contribution in [0.3, 0.4) is 0 Å². The number of hydrogen-bond donors (Lipinski definition) is 2. The van der Waals surface area contributed by atoms with Gasteiger partial charge in [-0.15, -0.1) is 0 Å². The SMILES string of the molecule is C[C@@H]1C(O)C[C@]23OC(=O)C[C@]12C[C@@]1(O)OC[C@]3(C)[C@H]1C. The van der Waals surface area contributed by atoms with Crippen molar-refractivity contribution in [1.82, 2.24) is 0 Å². The fourth-order valence-electron chi connectivity index (χ4n) is 5.78. The van der Waals surface area contributed by atoms with Gasteiger partial charge in [0.2, 0.25) is 0 Å². The first-order chi connectivity index (χ1) is 9.21. The van der Waals surface area contributed by atoms with Crippen LogP contribution in [0.5, 0.6) is 0 Å². The molecule has 2 heterocycles. The summed E-state index contributed by atoms with van der Waals surface area (Å²) in [6, 6.07) is 0. The largest absolute Gasteiger partial charge is 0.458 e. The van der Waals surface area contributed by atoms with Crippen LogP contribution < -0.4 is 0 Å². The summed E-state index contributed by atoms with van der Waals surface area (Å²) >= 11 is 0. The molecule has 2 bridgehead atoms. The van der Waals surface area contributed by atoms with E-state index in [0.717, 1.165) is 0 Å². The van der Waals surface area contributed by atoms with Gasteiger partial charge in [-0.2, -0.15) is 0 Å². The van der Waals surface area contributed by atoms with Gasteiger partial charge in [-0.05, 0) is 5.92 Å². The Morgan fingerprint density at radius 1 is 1.35 bits per heavy atom. The number of aliphatic hydroxyl groups excluding tert-OH is 1. The lowest BCUT2D eigenvalue weighted by molar-refractivity contribution is -0.257. The smallest absolute Gasteiger partial charge is 0.307 e. The lowest BCUT2D eigenvalue weighted by Gasteiger charge is -2.56. The highest BCUT2D eigenvalue weighted by molar-refractivity contribution is 5.75. The highest BCUT2D eigenvalue weighted by atomic mass is 16.6. The fourth-order valence-corrected chi connectivity index (χ4v) is 5.78. The van der Waals surface area contributed by atoms with E-state index in [0.29, 0.717) is 19.4 Å². The maximum Gasteiger partial charge on any atom is 0.307 e. The van der Waals surface area contributed by atoms with Gasteiger partial charge in [0.15, 0.2) is 5.79 Å². The summed E-state index contributed by atoms with van der Waals surface area (Å²) in [5, 5.41) is 21.3. The molecule has 0 radical (unpaired) electrons. The first-order valence-corrected chi connectivity index (χ1v) is 7.47. The summed E-state index contributed by atoms with van der Waals surface area (Å²) in [5.74, 6) is -1.60. The Hall–Kier alpha value is -0.650. The quantitative estimate of drug-likeness (QED) is 0.643. The molecule has 2 aliphatic carbocycles. The second-order valence-electron chi connectivity index (χ2n) is 7.64. The fraction of sp³-hybridized carbons (Fsp3) is 0.933. The van der Waals surface area contributed by atoms with Crippen molar-refractivity contribution < 1.29 is 24.5 Å². The molecule has 2 saturated heterocycles. The summed E-state index contributed by atoms with van der Waals surface area (Å²) < 4.78 is 11.6. The number of carbonyl (C=O) groups excluding carboxylic acids is 1. The van der Waals surface area contributed by atoms with Crippen molar-refractivity contribution in [3.8, 4) is 0 Å². The summed E-state index contributed by atoms with van der Waals surface area (Å²) in [6.07, 6.45) is 0.621. The second-order valence-corrected chi connectivity index (χ2v) is 7.64. The predicted molar refractivity (Wildman–Crippen MR) is 68.5 cm³/mol. The van der Waals surface area contributed by atoms with Crippen molar-refractivity contribution in [2.45, 2.75) is 57.5 Å². The molecule has 4 aliphatic rings. The molecule has 2 N–H and O–H groups in total. The van der Waals surface area contributed by atoms with Gasteiger partial charge >= 0.3 is 5.97 Å². The molecule has 20 heavy (non-hydrogen) atoms. The van der Waals surface area contributed by atoms with Crippen LogP contribution in [0.25, 0.3) is 0 Å². The number of hydrogen-bond acceptors (Lipinski definition) is 5. The molecule has 5 heteroatoms. The van der Waals surface area contributed by atoms with E-state index in [1.165, 1.54) is 0 Å². The Bertz CT molecular complexity index is 506. The molecule has 0 aromatic carbocycles. The van der Waals surface area contributed by atoms with Crippen molar-refractivity contribution in [1.29, 1.82) is 0 Å². The van der Waals surface area contributed by atoms with Crippen LogP contribution in [0, 0.1) is 22.7 Å². The van der Waals surface area contributed by atoms with E-state index in [9.17, 15) is 15.0 Å². The van der Waals surface area contributed by atoms with Crippen molar-refractivity contribution in [3.05, 3.63) is 0 Å². The number of aliphatic hydroxyl groups is 2. The van der Waals surface area contributed by atoms with Crippen LogP contribution in [0.4, 0.5) is 0 Å². The molecular weight excluding hydrogens is 260 g/mol. The molecule has 5 nitrogen and oxygen atoms in total. The molecule has 1 unspecified atom stereocenters. The van der Waals surface area contributed by atoms with Crippen molar-refractivity contribution in [2.24, 2.45) is 22.7 Å². The zero-order chi connectivity index (χ0) is 14.6. The van der Waals surface area contributed by atoms with Crippen molar-refractivity contribution >= 4 is 5.97 Å². The number of fused-ring (bicyclic) bond motifs is 2. The number of rotatable bonds is 0. The van der Waals surface area contributed by atoms with Crippen LogP contribution in [0.2, 0.25) is 0 Å². The lowest BCUT2D eigenvalue weighted by atomic mass is 9.48. The zero-order valence-electron chi connectivity index (χ0n) is 12.2. The molecule has 2 saturated carbocycles. The predicted octanol–water partition coefficient (Wildman–Crippen LogP) is 0.824. The monoisotopic (exact) mass is 282 g/mol. The van der Waals surface area contributed by atoms with Gasteiger partial charge in [0.05, 0.1) is 19.1 Å². The van der Waals surface area contributed by atoms with E-state index in [4.69, 9.17) is 9.47 Å². The first-order valence-electron chi connectivity index (χ1n) is 7.47. The molecule has 0 amide bonds. The molecule has 4 rings (SSSR count). The third kappa shape index (κ3) is 1.02. The first kappa shape index (κ1) is 13.0. The van der Waals surface area contributed by atoms with Gasteiger partial charge in [0, 0.05) is 29.6 Å². The minimum atomic E-state index is -1.20. The molecule has 7 atom stereocenters. The maximum atomic E-state index is 12.1. The van der Waals surface area contributed by atoms with Gasteiger partial charge in [-0.25, -0.2) is 0 Å². The van der Waals surface area contributed by atoms with Crippen molar-refractivity contribution in [2.75, 3.05) is 6.61 Å². The average Bonchev–Trinajstić information content (AvgIpc) is 2.83. The number of carbonyl (C=O) groups is 1. The van der Waals surface area contributed by atoms with Gasteiger partial charge in [-0.3, -0.25) is 4.79 Å². The summed E-state index contributed by atoms with van der Waals surface area (Å²) in [6.45, 7) is 6.34. The van der Waals surface area contributed by atoms with E-state index < -0.39 is 28.3 Å². The summed E-state index contributed by atoms with van der Waals surface area (Å²) in [4.78, 5) is 12.1. The van der Waals surface area contributed by atoms with E-state index in [1.54, 1.807) is 0 Å². The van der Waals surface area contributed by atoms with Crippen LogP contribution >= 0.6 is 0 Å². The molecule has 0 aromatic rings. The average molecular weight is 282 g/mol. The standard InChI is InChI=1S/C15H22O5/c1-8-10(16)4-15-12(3)7-19-14(18,9(12)2)6-13(8,15)5-11(17)20-15/h8-10,16,18H,4-7H2,1-3H3/t8-,9-,10?,12-,13+,14-,15-/m1/s1. The third-order valence-corrected chi connectivity index (χ3v) is 7.24. The molecule has 2 aliphatic heterocycles. The normalized spacial score (nSPS) is 64.0. The van der Waals surface area contributed by atoms with Crippen LogP contribution in [-0.4, -0.2) is 40.3 Å². The number of ether oxygens (including phenoxy) is 2. The second kappa shape index (κ2) is 3.23. The molecule has 0 aromatic heterocycles. The molecule has 0 spiro atoms. The van der Waals surface area contributed by atoms with Crippen LogP contribution in [0.1, 0.15) is 40.0 Å². The molecule has 112 valence electrons. The highest BCUT2D eigenvalue weighted by Crippen LogP contribution is 2.75. The summed E-state index contributed by atoms with van der Waals surface area (Å²) in [5.41, 5.74) is -1.65. The van der Waals surface area contributed by atoms with E-state index in [1.807, 2.05) is 20.8 Å². The van der Waals surface area contributed by atoms with Gasteiger partial charge in [0.25, 0.3) is 0 Å². The Morgan fingerprint density at radius 2 is 2.05 bits per heavy atom. The third-order valence-electron chi connectivity index (χ3n) is 7.24. The van der Waals surface area contributed by atoms with Crippen LogP contribution in [0.15, 0.2) is 0 Å². The molecule has 4 fully saturated rings. The minimum Gasteiger partial charge on any atom is -0.458 e. The van der Waals surface area contributed by atoms with E-state index in [2.05, 4.69) is 0 Å². The van der Waals surface area contributed by atoms with Crippen LogP contribution in [-0.2, 0) is 14.3 Å².